The van der Waals surface area contributed by atoms with E-state index < -0.39 is 0 Å². The van der Waals surface area contributed by atoms with Gasteiger partial charge in [0.05, 0.1) is 0 Å². The molecule has 0 aromatic rings. The van der Waals surface area contributed by atoms with Crippen LogP contribution < -0.4 is 5.32 Å². The van der Waals surface area contributed by atoms with E-state index in [0.29, 0.717) is 6.04 Å². The minimum Gasteiger partial charge on any atom is -0.340 e. The molecule has 0 bridgehead atoms. The van der Waals surface area contributed by atoms with Crippen molar-refractivity contribution in [1.29, 1.82) is 0 Å². The third kappa shape index (κ3) is 4.60. The van der Waals surface area contributed by atoms with Crippen molar-refractivity contribution < 1.29 is 4.79 Å². The summed E-state index contributed by atoms with van der Waals surface area (Å²) in [4.78, 5) is 13.7. The molecule has 2 rings (SSSR count). The molecule has 106 valence electrons. The van der Waals surface area contributed by atoms with Crippen molar-refractivity contribution in [2.24, 2.45) is 5.92 Å². The molecule has 0 aromatic carbocycles. The van der Waals surface area contributed by atoms with Crippen LogP contribution in [0.5, 0.6) is 0 Å². The van der Waals surface area contributed by atoms with Gasteiger partial charge in [-0.05, 0) is 57.5 Å². The van der Waals surface area contributed by atoms with E-state index >= 15 is 0 Å². The Morgan fingerprint density at radius 1 is 1.17 bits per heavy atom. The zero-order chi connectivity index (χ0) is 13.4. The van der Waals surface area contributed by atoms with E-state index in [-0.39, 0.29) is 5.91 Å². The Balaban J connectivity index is 0.000000771. The van der Waals surface area contributed by atoms with E-state index in [1.165, 1.54) is 38.5 Å². The molecule has 2 aliphatic rings. The molecule has 0 radical (unpaired) electrons. The zero-order valence-corrected chi connectivity index (χ0v) is 12.4. The molecule has 3 heteroatoms. The molecular formula is C15H30N2O. The highest BCUT2D eigenvalue weighted by atomic mass is 16.2. The van der Waals surface area contributed by atoms with Gasteiger partial charge in [-0.25, -0.2) is 0 Å². The van der Waals surface area contributed by atoms with Gasteiger partial charge in [0.1, 0.15) is 0 Å². The van der Waals surface area contributed by atoms with E-state index in [4.69, 9.17) is 0 Å². The van der Waals surface area contributed by atoms with E-state index in [1.54, 1.807) is 6.92 Å². The molecule has 0 atom stereocenters. The molecule has 0 unspecified atom stereocenters. The minimum atomic E-state index is 0.277. The Hall–Kier alpha value is -0.570. The average Bonchev–Trinajstić information content (AvgIpc) is 2.35. The first kappa shape index (κ1) is 15.5. The number of hydrogen-bond donors (Lipinski definition) is 1. The van der Waals surface area contributed by atoms with Crippen LogP contribution in [0.15, 0.2) is 0 Å². The van der Waals surface area contributed by atoms with Crippen LogP contribution in [0, 0.1) is 5.92 Å². The fraction of sp³-hybridized carbons (Fsp3) is 0.933. The van der Waals surface area contributed by atoms with Crippen molar-refractivity contribution in [3.05, 3.63) is 0 Å². The molecule has 1 amide bonds. The van der Waals surface area contributed by atoms with Crippen LogP contribution in [-0.2, 0) is 4.79 Å². The zero-order valence-electron chi connectivity index (χ0n) is 12.4. The summed E-state index contributed by atoms with van der Waals surface area (Å²) >= 11 is 0. The van der Waals surface area contributed by atoms with Crippen LogP contribution in [0.25, 0.3) is 0 Å². The third-order valence-corrected chi connectivity index (χ3v) is 4.16. The fourth-order valence-electron chi connectivity index (χ4n) is 2.79. The molecule has 1 heterocycles. The summed E-state index contributed by atoms with van der Waals surface area (Å²) < 4.78 is 0. The van der Waals surface area contributed by atoms with Crippen LogP contribution in [0.1, 0.15) is 59.3 Å². The van der Waals surface area contributed by atoms with Crippen LogP contribution >= 0.6 is 0 Å². The second-order valence-corrected chi connectivity index (χ2v) is 5.28. The average molecular weight is 254 g/mol. The Kier molecular flexibility index (Phi) is 7.33. The molecule has 1 saturated carbocycles. The van der Waals surface area contributed by atoms with Gasteiger partial charge in [-0.15, -0.1) is 0 Å². The van der Waals surface area contributed by atoms with Crippen molar-refractivity contribution in [3.8, 4) is 0 Å². The van der Waals surface area contributed by atoms with E-state index in [1.807, 2.05) is 13.8 Å². The van der Waals surface area contributed by atoms with Gasteiger partial charge < -0.3 is 10.2 Å². The lowest BCUT2D eigenvalue weighted by Crippen LogP contribution is -2.44. The highest BCUT2D eigenvalue weighted by molar-refractivity contribution is 5.73. The first-order valence-electron chi connectivity index (χ1n) is 7.75. The summed E-state index contributed by atoms with van der Waals surface area (Å²) in [5.41, 5.74) is 0. The predicted octanol–water partition coefficient (Wildman–Crippen LogP) is 2.80. The first-order chi connectivity index (χ1) is 8.77. The van der Waals surface area contributed by atoms with Crippen LogP contribution in [0.2, 0.25) is 0 Å². The Morgan fingerprint density at radius 2 is 1.78 bits per heavy atom. The van der Waals surface area contributed by atoms with Gasteiger partial charge in [0.25, 0.3) is 0 Å². The number of nitrogens with one attached hydrogen (secondary N) is 1. The number of rotatable bonds is 4. The van der Waals surface area contributed by atoms with Crippen LogP contribution in [-0.4, -0.2) is 36.5 Å². The van der Waals surface area contributed by atoms with Crippen molar-refractivity contribution in [2.75, 3.05) is 19.6 Å². The number of carbonyl (C=O) groups is 1. The molecular weight excluding hydrogens is 224 g/mol. The Labute approximate surface area is 112 Å². The molecule has 2 fully saturated rings. The summed E-state index contributed by atoms with van der Waals surface area (Å²) in [6.45, 7) is 9.04. The van der Waals surface area contributed by atoms with Crippen LogP contribution in [0.3, 0.4) is 0 Å². The molecule has 1 aliphatic carbocycles. The lowest BCUT2D eigenvalue weighted by molar-refractivity contribution is -0.133. The quantitative estimate of drug-likeness (QED) is 0.836. The van der Waals surface area contributed by atoms with Crippen LogP contribution in [0.4, 0.5) is 0 Å². The van der Waals surface area contributed by atoms with Gasteiger partial charge in [-0.2, -0.15) is 0 Å². The molecule has 0 spiro atoms. The first-order valence-corrected chi connectivity index (χ1v) is 7.75. The van der Waals surface area contributed by atoms with Gasteiger partial charge >= 0.3 is 0 Å². The lowest BCUT2D eigenvalue weighted by Gasteiger charge is -2.38. The summed E-state index contributed by atoms with van der Waals surface area (Å²) in [6, 6.07) is 0.569. The molecule has 1 saturated heterocycles. The van der Waals surface area contributed by atoms with Gasteiger partial charge in [0.15, 0.2) is 0 Å². The number of hydrogen-bond acceptors (Lipinski definition) is 2. The second kappa shape index (κ2) is 8.52. The van der Waals surface area contributed by atoms with E-state index in [0.717, 1.165) is 25.6 Å². The summed E-state index contributed by atoms with van der Waals surface area (Å²) in [6.07, 6.45) is 7.55. The van der Waals surface area contributed by atoms with E-state index in [2.05, 4.69) is 10.2 Å². The smallest absolute Gasteiger partial charge is 0.219 e. The maximum Gasteiger partial charge on any atom is 0.219 e. The summed E-state index contributed by atoms with van der Waals surface area (Å²) in [7, 11) is 0. The highest BCUT2D eigenvalue weighted by Crippen LogP contribution is 2.26. The summed E-state index contributed by atoms with van der Waals surface area (Å²) in [5.74, 6) is 1.11. The highest BCUT2D eigenvalue weighted by Gasteiger charge is 2.27. The number of carbonyl (C=O) groups excluding carboxylic acids is 1. The number of piperidine rings is 1. The molecule has 0 aromatic heterocycles. The van der Waals surface area contributed by atoms with E-state index in [9.17, 15) is 4.79 Å². The maximum atomic E-state index is 11.6. The van der Waals surface area contributed by atoms with Gasteiger partial charge in [0.2, 0.25) is 5.91 Å². The monoisotopic (exact) mass is 254 g/mol. The lowest BCUT2D eigenvalue weighted by atomic mass is 9.89. The number of nitrogens with zero attached hydrogens (tertiary/aromatic N) is 1. The second-order valence-electron chi connectivity index (χ2n) is 5.28. The summed E-state index contributed by atoms with van der Waals surface area (Å²) in [5, 5.41) is 3.39. The predicted molar refractivity (Wildman–Crippen MR) is 76.6 cm³/mol. The maximum absolute atomic E-state index is 11.6. The SMILES string of the molecule is CC.CC(=O)N(CCC1CCNCC1)C1CCC1. The van der Waals surface area contributed by atoms with Gasteiger partial charge in [0, 0.05) is 19.5 Å². The van der Waals surface area contributed by atoms with Crippen molar-refractivity contribution >= 4 is 5.91 Å². The van der Waals surface area contributed by atoms with Gasteiger partial charge in [-0.3, -0.25) is 4.79 Å². The largest absolute Gasteiger partial charge is 0.340 e. The normalized spacial score (nSPS) is 20.6. The molecule has 3 nitrogen and oxygen atoms in total. The number of amides is 1. The molecule has 18 heavy (non-hydrogen) atoms. The Bertz CT molecular complexity index is 233. The topological polar surface area (TPSA) is 32.3 Å². The minimum absolute atomic E-state index is 0.277. The van der Waals surface area contributed by atoms with Crippen molar-refractivity contribution in [3.63, 3.8) is 0 Å². The van der Waals surface area contributed by atoms with Crippen molar-refractivity contribution in [1.82, 2.24) is 10.2 Å². The molecule has 1 N–H and O–H groups in total. The van der Waals surface area contributed by atoms with Gasteiger partial charge in [-0.1, -0.05) is 13.8 Å². The Morgan fingerprint density at radius 3 is 2.22 bits per heavy atom. The third-order valence-electron chi connectivity index (χ3n) is 4.16. The van der Waals surface area contributed by atoms with Crippen molar-refractivity contribution in [2.45, 2.75) is 65.3 Å². The fourth-order valence-corrected chi connectivity index (χ4v) is 2.79. The molecule has 1 aliphatic heterocycles. The standard InChI is InChI=1S/C13H24N2O.C2H6/c1-11(16)15(13-3-2-4-13)10-7-12-5-8-14-9-6-12;1-2/h12-14H,2-10H2,1H3;1-2H3.